The fourth-order valence-corrected chi connectivity index (χ4v) is 3.75. The van der Waals surface area contributed by atoms with Gasteiger partial charge < -0.3 is 5.32 Å². The molecule has 0 aliphatic carbocycles. The van der Waals surface area contributed by atoms with Crippen molar-refractivity contribution in [1.82, 2.24) is 15.5 Å². The molecule has 1 unspecified atom stereocenters. The van der Waals surface area contributed by atoms with Gasteiger partial charge in [-0.25, -0.2) is 8.42 Å². The minimum absolute atomic E-state index is 0.122. The molecule has 1 aliphatic rings. The van der Waals surface area contributed by atoms with Gasteiger partial charge in [0.2, 0.25) is 5.91 Å². The average molecular weight is 257 g/mol. The maximum Gasteiger partial charge on any atom is 0.238 e. The molecule has 0 radical (unpaired) electrons. The third-order valence-corrected chi connectivity index (χ3v) is 5.07. The van der Waals surface area contributed by atoms with E-state index in [1.165, 1.54) is 0 Å². The standard InChI is InChI=1S/C10H15N3O3S/c14-10(11-5-8-6-12-13-7-8)9-3-1-2-4-17(9,15)16/h6-7,9H,1-5H2,(H,11,14)(H,12,13). The SMILES string of the molecule is O=C(NCc1cn[nH]c1)C1CCCCS1(=O)=O. The number of sulfone groups is 1. The van der Waals surface area contributed by atoms with Gasteiger partial charge in [-0.3, -0.25) is 9.89 Å². The average Bonchev–Trinajstić information content (AvgIpc) is 2.78. The Morgan fingerprint density at radius 2 is 2.35 bits per heavy atom. The molecule has 2 rings (SSSR count). The number of nitrogens with one attached hydrogen (secondary N) is 2. The van der Waals surface area contributed by atoms with Gasteiger partial charge in [-0.1, -0.05) is 6.42 Å². The Hall–Kier alpha value is -1.37. The van der Waals surface area contributed by atoms with E-state index in [2.05, 4.69) is 15.5 Å². The van der Waals surface area contributed by atoms with Crippen molar-refractivity contribution in [2.24, 2.45) is 0 Å². The van der Waals surface area contributed by atoms with E-state index < -0.39 is 21.0 Å². The molecule has 1 aromatic rings. The summed E-state index contributed by atoms with van der Waals surface area (Å²) >= 11 is 0. The molecule has 17 heavy (non-hydrogen) atoms. The summed E-state index contributed by atoms with van der Waals surface area (Å²) in [4.78, 5) is 11.8. The maximum atomic E-state index is 11.8. The number of hydrogen-bond acceptors (Lipinski definition) is 4. The number of carbonyl (C=O) groups excluding carboxylic acids is 1. The van der Waals surface area contributed by atoms with Crippen LogP contribution in [-0.4, -0.2) is 35.5 Å². The summed E-state index contributed by atoms with van der Waals surface area (Å²) in [6.45, 7) is 0.307. The van der Waals surface area contributed by atoms with E-state index in [0.717, 1.165) is 12.0 Å². The van der Waals surface area contributed by atoms with Gasteiger partial charge >= 0.3 is 0 Å². The van der Waals surface area contributed by atoms with Gasteiger partial charge in [0, 0.05) is 18.3 Å². The second-order valence-corrected chi connectivity index (χ2v) is 6.48. The van der Waals surface area contributed by atoms with Crippen molar-refractivity contribution in [3.63, 3.8) is 0 Å². The molecule has 1 saturated heterocycles. The molecule has 2 heterocycles. The second-order valence-electron chi connectivity index (χ2n) is 4.18. The van der Waals surface area contributed by atoms with Crippen LogP contribution < -0.4 is 5.32 Å². The van der Waals surface area contributed by atoms with Crippen molar-refractivity contribution in [3.8, 4) is 0 Å². The van der Waals surface area contributed by atoms with Crippen molar-refractivity contribution >= 4 is 15.7 Å². The van der Waals surface area contributed by atoms with Crippen LogP contribution in [0.15, 0.2) is 12.4 Å². The molecule has 94 valence electrons. The van der Waals surface area contributed by atoms with Gasteiger partial charge in [0.25, 0.3) is 0 Å². The predicted molar refractivity (Wildman–Crippen MR) is 61.9 cm³/mol. The van der Waals surface area contributed by atoms with Crippen LogP contribution in [0.2, 0.25) is 0 Å². The van der Waals surface area contributed by atoms with E-state index in [4.69, 9.17) is 0 Å². The van der Waals surface area contributed by atoms with Crippen molar-refractivity contribution in [2.45, 2.75) is 31.1 Å². The molecule has 0 bridgehead atoms. The zero-order valence-corrected chi connectivity index (χ0v) is 10.2. The van der Waals surface area contributed by atoms with Gasteiger partial charge in [-0.05, 0) is 12.8 Å². The highest BCUT2D eigenvalue weighted by atomic mass is 32.2. The van der Waals surface area contributed by atoms with Gasteiger partial charge in [0.05, 0.1) is 11.9 Å². The fourth-order valence-electron chi connectivity index (χ4n) is 1.93. The molecule has 2 N–H and O–H groups in total. The molecule has 1 aromatic heterocycles. The third-order valence-electron chi connectivity index (χ3n) is 2.89. The number of nitrogens with zero attached hydrogens (tertiary/aromatic N) is 1. The van der Waals surface area contributed by atoms with Crippen LogP contribution in [0.5, 0.6) is 0 Å². The normalized spacial score (nSPS) is 23.2. The molecule has 6 nitrogen and oxygen atoms in total. The summed E-state index contributed by atoms with van der Waals surface area (Å²) in [6.07, 6.45) is 5.14. The topological polar surface area (TPSA) is 91.9 Å². The number of hydrogen-bond donors (Lipinski definition) is 2. The van der Waals surface area contributed by atoms with Crippen molar-refractivity contribution in [1.29, 1.82) is 0 Å². The monoisotopic (exact) mass is 257 g/mol. The molecular formula is C10H15N3O3S. The molecule has 1 aliphatic heterocycles. The smallest absolute Gasteiger partial charge is 0.238 e. The highest BCUT2D eigenvalue weighted by molar-refractivity contribution is 7.92. The first-order chi connectivity index (χ1) is 8.09. The highest BCUT2D eigenvalue weighted by Crippen LogP contribution is 2.19. The first-order valence-electron chi connectivity index (χ1n) is 5.56. The van der Waals surface area contributed by atoms with Crippen LogP contribution in [0, 0.1) is 0 Å². The summed E-state index contributed by atoms with van der Waals surface area (Å²) in [5.74, 6) is -0.275. The first-order valence-corrected chi connectivity index (χ1v) is 7.28. The van der Waals surface area contributed by atoms with Gasteiger partial charge in [0.15, 0.2) is 9.84 Å². The van der Waals surface area contributed by atoms with Crippen LogP contribution in [0.3, 0.4) is 0 Å². The summed E-state index contributed by atoms with van der Waals surface area (Å²) in [7, 11) is -3.25. The molecule has 0 aromatic carbocycles. The number of H-pyrrole nitrogens is 1. The van der Waals surface area contributed by atoms with Crippen molar-refractivity contribution in [2.75, 3.05) is 5.75 Å². The van der Waals surface area contributed by atoms with E-state index in [1.54, 1.807) is 12.4 Å². The lowest BCUT2D eigenvalue weighted by Crippen LogP contribution is -2.42. The van der Waals surface area contributed by atoms with Crippen LogP contribution in [0.1, 0.15) is 24.8 Å². The van der Waals surface area contributed by atoms with Gasteiger partial charge in [0.1, 0.15) is 5.25 Å². The quantitative estimate of drug-likeness (QED) is 0.797. The molecule has 0 spiro atoms. The van der Waals surface area contributed by atoms with Gasteiger partial charge in [-0.2, -0.15) is 5.10 Å². The number of carbonyl (C=O) groups is 1. The number of rotatable bonds is 3. The third kappa shape index (κ3) is 2.85. The van der Waals surface area contributed by atoms with E-state index in [9.17, 15) is 13.2 Å². The fraction of sp³-hybridized carbons (Fsp3) is 0.600. The van der Waals surface area contributed by atoms with E-state index in [-0.39, 0.29) is 5.75 Å². The Morgan fingerprint density at radius 3 is 3.00 bits per heavy atom. The van der Waals surface area contributed by atoms with Crippen molar-refractivity contribution < 1.29 is 13.2 Å². The lowest BCUT2D eigenvalue weighted by Gasteiger charge is -2.21. The maximum absolute atomic E-state index is 11.8. The van der Waals surface area contributed by atoms with E-state index >= 15 is 0 Å². The Labute approximate surface area is 99.7 Å². The summed E-state index contributed by atoms with van der Waals surface area (Å²) in [5.41, 5.74) is 0.826. The number of aromatic amines is 1. The Kier molecular flexibility index (Phi) is 3.46. The summed E-state index contributed by atoms with van der Waals surface area (Å²) in [5, 5.41) is 8.14. The van der Waals surface area contributed by atoms with Gasteiger partial charge in [-0.15, -0.1) is 0 Å². The Morgan fingerprint density at radius 1 is 1.53 bits per heavy atom. The van der Waals surface area contributed by atoms with Crippen LogP contribution >= 0.6 is 0 Å². The van der Waals surface area contributed by atoms with Crippen LogP contribution in [0.4, 0.5) is 0 Å². The Bertz CT molecular complexity index is 481. The minimum atomic E-state index is -3.25. The highest BCUT2D eigenvalue weighted by Gasteiger charge is 2.34. The lowest BCUT2D eigenvalue weighted by molar-refractivity contribution is -0.121. The molecule has 0 saturated carbocycles. The summed E-state index contributed by atoms with van der Waals surface area (Å²) in [6, 6.07) is 0. The zero-order valence-electron chi connectivity index (χ0n) is 9.35. The van der Waals surface area contributed by atoms with Crippen LogP contribution in [-0.2, 0) is 21.2 Å². The lowest BCUT2D eigenvalue weighted by atomic mass is 10.2. The Balaban J connectivity index is 1.95. The molecular weight excluding hydrogens is 242 g/mol. The molecule has 1 fully saturated rings. The van der Waals surface area contributed by atoms with E-state index in [1.807, 2.05) is 0 Å². The first kappa shape index (κ1) is 12.1. The molecule has 7 heteroatoms. The van der Waals surface area contributed by atoms with E-state index in [0.29, 0.717) is 19.4 Å². The molecule has 1 atom stereocenters. The minimum Gasteiger partial charge on any atom is -0.351 e. The van der Waals surface area contributed by atoms with Crippen LogP contribution in [0.25, 0.3) is 0 Å². The number of aromatic nitrogens is 2. The molecule has 1 amide bonds. The summed E-state index contributed by atoms with van der Waals surface area (Å²) < 4.78 is 23.4. The van der Waals surface area contributed by atoms with Crippen molar-refractivity contribution in [3.05, 3.63) is 18.0 Å². The second kappa shape index (κ2) is 4.87. The largest absolute Gasteiger partial charge is 0.351 e. The number of amides is 1. The predicted octanol–water partition coefficient (Wildman–Crippen LogP) is -0.00680. The zero-order chi connectivity index (χ0) is 12.3.